The molecule has 3 heterocycles. The smallest absolute Gasteiger partial charge is 0.316 e. The van der Waals surface area contributed by atoms with Gasteiger partial charge in [0.05, 0.1) is 13.3 Å². The van der Waals surface area contributed by atoms with Gasteiger partial charge in [-0.3, -0.25) is 10.00 Å². The molecule has 0 bridgehead atoms. The Kier molecular flexibility index (Phi) is 4.15. The average molecular weight is 287 g/mol. The van der Waals surface area contributed by atoms with Crippen molar-refractivity contribution in [3.8, 4) is 6.01 Å². The van der Waals surface area contributed by atoms with Crippen LogP contribution in [0, 0.1) is 6.92 Å². The van der Waals surface area contributed by atoms with Crippen molar-refractivity contribution in [1.82, 2.24) is 25.1 Å². The quantitative estimate of drug-likeness (QED) is 0.930. The lowest BCUT2D eigenvalue weighted by molar-refractivity contribution is 0.197. The topological polar surface area (TPSA) is 66.9 Å². The van der Waals surface area contributed by atoms with E-state index in [0.29, 0.717) is 11.9 Å². The molecule has 6 heteroatoms. The van der Waals surface area contributed by atoms with Crippen LogP contribution in [0.4, 0.5) is 0 Å². The molecule has 0 radical (unpaired) electrons. The normalized spacial score (nSPS) is 19.6. The van der Waals surface area contributed by atoms with Crippen molar-refractivity contribution in [3.63, 3.8) is 0 Å². The van der Waals surface area contributed by atoms with E-state index in [1.165, 1.54) is 24.1 Å². The molecule has 0 spiro atoms. The molecule has 6 nitrogen and oxygen atoms in total. The molecule has 1 fully saturated rings. The summed E-state index contributed by atoms with van der Waals surface area (Å²) < 4.78 is 4.99. The Bertz CT molecular complexity index is 580. The van der Waals surface area contributed by atoms with E-state index < -0.39 is 0 Å². The molecule has 112 valence electrons. The second kappa shape index (κ2) is 6.22. The maximum absolute atomic E-state index is 4.99. The molecule has 3 rings (SSSR count). The van der Waals surface area contributed by atoms with Crippen LogP contribution in [0.25, 0.3) is 0 Å². The zero-order valence-corrected chi connectivity index (χ0v) is 12.5. The number of nitrogens with one attached hydrogen (secondary N) is 1. The first-order chi connectivity index (χ1) is 10.3. The van der Waals surface area contributed by atoms with Crippen LogP contribution in [0.15, 0.2) is 18.6 Å². The van der Waals surface area contributed by atoms with E-state index in [9.17, 15) is 0 Å². The van der Waals surface area contributed by atoms with Gasteiger partial charge >= 0.3 is 6.01 Å². The number of likely N-dealkylation sites (tertiary alicyclic amines) is 1. The first-order valence-corrected chi connectivity index (χ1v) is 7.33. The Morgan fingerprint density at radius 3 is 2.81 bits per heavy atom. The Hall–Kier alpha value is -1.95. The largest absolute Gasteiger partial charge is 0.467 e. The summed E-state index contributed by atoms with van der Waals surface area (Å²) in [5.74, 6) is 0.542. The van der Waals surface area contributed by atoms with Gasteiger partial charge in [0.2, 0.25) is 0 Å². The molecule has 1 unspecified atom stereocenters. The SMILES string of the molecule is COc1ncc(CN2CCCC(c3[nH]ncc3C)C2)cn1. The van der Waals surface area contributed by atoms with Crippen molar-refractivity contribution in [3.05, 3.63) is 35.4 Å². The summed E-state index contributed by atoms with van der Waals surface area (Å²) in [6.07, 6.45) is 8.03. The third-order valence-corrected chi connectivity index (χ3v) is 4.05. The number of methoxy groups -OCH3 is 1. The molecule has 0 saturated carbocycles. The maximum atomic E-state index is 4.99. The molecular weight excluding hydrogens is 266 g/mol. The van der Waals surface area contributed by atoms with E-state index in [2.05, 4.69) is 32.0 Å². The molecule has 2 aromatic heterocycles. The van der Waals surface area contributed by atoms with Crippen LogP contribution in [-0.2, 0) is 6.54 Å². The third-order valence-electron chi connectivity index (χ3n) is 4.05. The van der Waals surface area contributed by atoms with Gasteiger partial charge in [0.25, 0.3) is 0 Å². The van der Waals surface area contributed by atoms with Gasteiger partial charge in [0.15, 0.2) is 0 Å². The number of hydrogen-bond donors (Lipinski definition) is 1. The van der Waals surface area contributed by atoms with Gasteiger partial charge in [-0.2, -0.15) is 5.10 Å². The molecule has 1 saturated heterocycles. The molecule has 0 amide bonds. The van der Waals surface area contributed by atoms with Crippen molar-refractivity contribution >= 4 is 0 Å². The Morgan fingerprint density at radius 2 is 2.14 bits per heavy atom. The van der Waals surface area contributed by atoms with Crippen molar-refractivity contribution < 1.29 is 4.74 Å². The van der Waals surface area contributed by atoms with Crippen LogP contribution in [0.2, 0.25) is 0 Å². The van der Waals surface area contributed by atoms with Crippen LogP contribution < -0.4 is 4.74 Å². The van der Waals surface area contributed by atoms with Gasteiger partial charge in [0, 0.05) is 42.7 Å². The fourth-order valence-corrected chi connectivity index (χ4v) is 2.99. The van der Waals surface area contributed by atoms with Crippen molar-refractivity contribution in [2.24, 2.45) is 0 Å². The highest BCUT2D eigenvalue weighted by molar-refractivity contribution is 5.19. The Labute approximate surface area is 124 Å². The van der Waals surface area contributed by atoms with Crippen molar-refractivity contribution in [2.75, 3.05) is 20.2 Å². The monoisotopic (exact) mass is 287 g/mol. The summed E-state index contributed by atoms with van der Waals surface area (Å²) in [4.78, 5) is 10.8. The lowest BCUT2D eigenvalue weighted by Crippen LogP contribution is -2.34. The number of rotatable bonds is 4. The fraction of sp³-hybridized carbons (Fsp3) is 0.533. The van der Waals surface area contributed by atoms with E-state index in [0.717, 1.165) is 25.2 Å². The van der Waals surface area contributed by atoms with Crippen LogP contribution in [0.1, 0.15) is 35.6 Å². The van der Waals surface area contributed by atoms with Crippen molar-refractivity contribution in [2.45, 2.75) is 32.2 Å². The number of H-pyrrole nitrogens is 1. The second-order valence-corrected chi connectivity index (χ2v) is 5.62. The minimum atomic E-state index is 0.420. The number of aromatic amines is 1. The van der Waals surface area contributed by atoms with Gasteiger partial charge in [0.1, 0.15) is 0 Å². The molecule has 1 aliphatic rings. The predicted molar refractivity (Wildman–Crippen MR) is 79.2 cm³/mol. The average Bonchev–Trinajstić information content (AvgIpc) is 2.94. The predicted octanol–water partition coefficient (Wildman–Crippen LogP) is 1.90. The molecule has 2 aromatic rings. The minimum absolute atomic E-state index is 0.420. The molecular formula is C15H21N5O. The van der Waals surface area contributed by atoms with Crippen LogP contribution in [0.3, 0.4) is 0 Å². The molecule has 0 aromatic carbocycles. The highest BCUT2D eigenvalue weighted by Crippen LogP contribution is 2.28. The van der Waals surface area contributed by atoms with Crippen molar-refractivity contribution in [1.29, 1.82) is 0 Å². The van der Waals surface area contributed by atoms with Gasteiger partial charge in [-0.05, 0) is 31.9 Å². The Balaban J connectivity index is 1.64. The summed E-state index contributed by atoms with van der Waals surface area (Å²) in [7, 11) is 1.58. The van der Waals surface area contributed by atoms with Crippen LogP contribution in [-0.4, -0.2) is 45.3 Å². The summed E-state index contributed by atoms with van der Waals surface area (Å²) in [5, 5.41) is 7.30. The van der Waals surface area contributed by atoms with E-state index in [-0.39, 0.29) is 0 Å². The number of hydrogen-bond acceptors (Lipinski definition) is 5. The van der Waals surface area contributed by atoms with Crippen LogP contribution >= 0.6 is 0 Å². The lowest BCUT2D eigenvalue weighted by atomic mass is 9.93. The van der Waals surface area contributed by atoms with Gasteiger partial charge in [-0.25, -0.2) is 9.97 Å². The number of ether oxygens (including phenoxy) is 1. The van der Waals surface area contributed by atoms with E-state index in [1.807, 2.05) is 18.6 Å². The number of piperidine rings is 1. The van der Waals surface area contributed by atoms with E-state index in [4.69, 9.17) is 4.74 Å². The molecule has 1 atom stereocenters. The summed E-state index contributed by atoms with van der Waals surface area (Å²) >= 11 is 0. The number of aryl methyl sites for hydroxylation is 1. The lowest BCUT2D eigenvalue weighted by Gasteiger charge is -2.32. The summed E-state index contributed by atoms with van der Waals surface area (Å²) in [5.41, 5.74) is 3.66. The first-order valence-electron chi connectivity index (χ1n) is 7.33. The molecule has 21 heavy (non-hydrogen) atoms. The van der Waals surface area contributed by atoms with Gasteiger partial charge < -0.3 is 4.74 Å². The standard InChI is InChI=1S/C15H21N5O/c1-11-6-18-19-14(11)13-4-3-5-20(10-13)9-12-7-16-15(21-2)17-8-12/h6-8,13H,3-5,9-10H2,1-2H3,(H,18,19). The fourth-order valence-electron chi connectivity index (χ4n) is 2.99. The first kappa shape index (κ1) is 14.0. The summed E-state index contributed by atoms with van der Waals surface area (Å²) in [6.45, 7) is 5.17. The van der Waals surface area contributed by atoms with Gasteiger partial charge in [-0.1, -0.05) is 0 Å². The van der Waals surface area contributed by atoms with Gasteiger partial charge in [-0.15, -0.1) is 0 Å². The second-order valence-electron chi connectivity index (χ2n) is 5.62. The Morgan fingerprint density at radius 1 is 1.33 bits per heavy atom. The zero-order chi connectivity index (χ0) is 14.7. The van der Waals surface area contributed by atoms with E-state index in [1.54, 1.807) is 7.11 Å². The van der Waals surface area contributed by atoms with Crippen LogP contribution in [0.5, 0.6) is 6.01 Å². The minimum Gasteiger partial charge on any atom is -0.467 e. The maximum Gasteiger partial charge on any atom is 0.316 e. The van der Waals surface area contributed by atoms with E-state index >= 15 is 0 Å². The zero-order valence-electron chi connectivity index (χ0n) is 12.5. The molecule has 1 aliphatic heterocycles. The highest BCUT2D eigenvalue weighted by atomic mass is 16.5. The molecule has 0 aliphatic carbocycles. The summed E-state index contributed by atoms with van der Waals surface area (Å²) in [6, 6.07) is 0.420. The highest BCUT2D eigenvalue weighted by Gasteiger charge is 2.23. The number of nitrogens with zero attached hydrogens (tertiary/aromatic N) is 4. The third kappa shape index (κ3) is 3.21. The molecule has 1 N–H and O–H groups in total. The number of aromatic nitrogens is 4.